The first-order valence-corrected chi connectivity index (χ1v) is 6.55. The van der Waals surface area contributed by atoms with Crippen molar-refractivity contribution >= 4 is 28.7 Å². The van der Waals surface area contributed by atoms with Gasteiger partial charge in [0.2, 0.25) is 11.8 Å². The van der Waals surface area contributed by atoms with Crippen LogP contribution in [0.25, 0.3) is 0 Å². The van der Waals surface area contributed by atoms with Gasteiger partial charge >= 0.3 is 0 Å². The Morgan fingerprint density at radius 1 is 1.59 bits per heavy atom. The van der Waals surface area contributed by atoms with Crippen LogP contribution in [0.3, 0.4) is 0 Å². The van der Waals surface area contributed by atoms with Gasteiger partial charge in [0.1, 0.15) is 5.25 Å². The molecule has 0 aliphatic carbocycles. The first-order chi connectivity index (χ1) is 7.87. The van der Waals surface area contributed by atoms with Crippen molar-refractivity contribution in [1.29, 1.82) is 0 Å². The molecule has 0 saturated carbocycles. The lowest BCUT2D eigenvalue weighted by molar-refractivity contribution is -0.120. The molecule has 0 radical (unpaired) electrons. The van der Waals surface area contributed by atoms with Crippen LogP contribution in [-0.4, -0.2) is 34.8 Å². The number of hydrogen-bond acceptors (Lipinski definition) is 4. The Kier molecular flexibility index (Phi) is 3.16. The molecule has 0 spiro atoms. The molecule has 2 rings (SSSR count). The monoisotopic (exact) mass is 255 g/mol. The molecule has 5 nitrogen and oxygen atoms in total. The van der Waals surface area contributed by atoms with Crippen LogP contribution in [0.15, 0.2) is 4.99 Å². The van der Waals surface area contributed by atoms with Gasteiger partial charge in [0.05, 0.1) is 6.04 Å². The Hall–Kier alpha value is -1.04. The van der Waals surface area contributed by atoms with Gasteiger partial charge < -0.3 is 10.6 Å². The van der Waals surface area contributed by atoms with E-state index in [1.165, 1.54) is 18.7 Å². The topological polar surface area (TPSA) is 70.6 Å². The Bertz CT molecular complexity index is 392. The maximum atomic E-state index is 11.9. The minimum absolute atomic E-state index is 0.0228. The Morgan fingerprint density at radius 2 is 2.29 bits per heavy atom. The summed E-state index contributed by atoms with van der Waals surface area (Å²) in [6.07, 6.45) is 0.854. The van der Waals surface area contributed by atoms with E-state index in [1.807, 2.05) is 0 Å². The van der Waals surface area contributed by atoms with Gasteiger partial charge in [-0.25, -0.2) is 0 Å². The predicted octanol–water partition coefficient (Wildman–Crippen LogP) is 0.509. The number of hydrogen-bond donors (Lipinski definition) is 2. The summed E-state index contributed by atoms with van der Waals surface area (Å²) in [5, 5.41) is 5.97. The molecule has 0 aromatic heterocycles. The van der Waals surface area contributed by atoms with E-state index >= 15 is 0 Å². The molecule has 0 bridgehead atoms. The van der Waals surface area contributed by atoms with Crippen molar-refractivity contribution in [2.24, 2.45) is 10.4 Å². The number of rotatable bonds is 0. The molecule has 6 heteroatoms. The van der Waals surface area contributed by atoms with Gasteiger partial charge in [0.25, 0.3) is 0 Å². The SMILES string of the molecule is CC(=O)NC1=N[C@@H]2CC(C)(C)CNC(=O)[C@@H]2S1. The minimum Gasteiger partial charge on any atom is -0.355 e. The number of nitrogens with one attached hydrogen (secondary N) is 2. The highest BCUT2D eigenvalue weighted by Gasteiger charge is 2.42. The van der Waals surface area contributed by atoms with Crippen LogP contribution in [0.5, 0.6) is 0 Å². The van der Waals surface area contributed by atoms with Gasteiger partial charge in [-0.3, -0.25) is 14.6 Å². The molecule has 2 aliphatic rings. The zero-order chi connectivity index (χ0) is 12.6. The fourth-order valence-electron chi connectivity index (χ4n) is 2.11. The lowest BCUT2D eigenvalue weighted by atomic mass is 9.86. The minimum atomic E-state index is -0.196. The lowest BCUT2D eigenvalue weighted by Gasteiger charge is -2.23. The number of thioether (sulfide) groups is 1. The molecule has 94 valence electrons. The van der Waals surface area contributed by atoms with Crippen LogP contribution in [0.4, 0.5) is 0 Å². The normalized spacial score (nSPS) is 31.0. The molecule has 0 unspecified atom stereocenters. The van der Waals surface area contributed by atoms with Crippen molar-refractivity contribution in [3.05, 3.63) is 0 Å². The second-order valence-corrected chi connectivity index (χ2v) is 6.44. The van der Waals surface area contributed by atoms with Crippen molar-refractivity contribution in [1.82, 2.24) is 10.6 Å². The van der Waals surface area contributed by atoms with Gasteiger partial charge in [-0.15, -0.1) is 0 Å². The van der Waals surface area contributed by atoms with E-state index in [0.29, 0.717) is 11.7 Å². The number of fused-ring (bicyclic) bond motifs is 1. The standard InChI is InChI=1S/C11H17N3O2S/c1-6(15)13-10-14-7-4-11(2,3)5-12-9(16)8(7)17-10/h7-8H,4-5H2,1-3H3,(H,12,16)(H,13,14,15)/t7-,8-/m1/s1. The van der Waals surface area contributed by atoms with Gasteiger partial charge in [-0.1, -0.05) is 25.6 Å². The molecular weight excluding hydrogens is 238 g/mol. The summed E-state index contributed by atoms with van der Waals surface area (Å²) in [5.74, 6) is -0.123. The van der Waals surface area contributed by atoms with E-state index in [4.69, 9.17) is 0 Å². The molecule has 1 saturated heterocycles. The van der Waals surface area contributed by atoms with E-state index < -0.39 is 0 Å². The van der Waals surface area contributed by atoms with E-state index in [1.54, 1.807) is 0 Å². The van der Waals surface area contributed by atoms with Crippen LogP contribution in [-0.2, 0) is 9.59 Å². The summed E-state index contributed by atoms with van der Waals surface area (Å²) in [5.41, 5.74) is 0.0464. The molecule has 2 aliphatic heterocycles. The van der Waals surface area contributed by atoms with Gasteiger partial charge in [-0.05, 0) is 11.8 Å². The Morgan fingerprint density at radius 3 is 2.94 bits per heavy atom. The highest BCUT2D eigenvalue weighted by molar-refractivity contribution is 8.15. The molecule has 2 heterocycles. The van der Waals surface area contributed by atoms with Crippen molar-refractivity contribution in [2.45, 2.75) is 38.5 Å². The van der Waals surface area contributed by atoms with E-state index in [-0.39, 0.29) is 28.5 Å². The maximum Gasteiger partial charge on any atom is 0.235 e. The third-order valence-corrected chi connectivity index (χ3v) is 4.13. The lowest BCUT2D eigenvalue weighted by Crippen LogP contribution is -2.36. The van der Waals surface area contributed by atoms with E-state index in [9.17, 15) is 9.59 Å². The number of amidine groups is 1. The first-order valence-electron chi connectivity index (χ1n) is 5.67. The van der Waals surface area contributed by atoms with Crippen molar-refractivity contribution in [3.63, 3.8) is 0 Å². The van der Waals surface area contributed by atoms with Crippen molar-refractivity contribution in [3.8, 4) is 0 Å². The summed E-state index contributed by atoms with van der Waals surface area (Å²) in [4.78, 5) is 27.3. The van der Waals surface area contributed by atoms with Crippen LogP contribution in [0, 0.1) is 5.41 Å². The molecule has 2 amide bonds. The van der Waals surface area contributed by atoms with Gasteiger partial charge in [0, 0.05) is 13.5 Å². The molecule has 0 aromatic rings. The number of carbonyl (C=O) groups excluding carboxylic acids is 2. The van der Waals surface area contributed by atoms with Crippen molar-refractivity contribution < 1.29 is 9.59 Å². The summed E-state index contributed by atoms with van der Waals surface area (Å²) in [6.45, 7) is 6.37. The molecule has 0 aromatic carbocycles. The van der Waals surface area contributed by atoms with E-state index in [2.05, 4.69) is 29.5 Å². The largest absolute Gasteiger partial charge is 0.355 e. The number of nitrogens with zero attached hydrogens (tertiary/aromatic N) is 1. The third-order valence-electron chi connectivity index (χ3n) is 2.92. The Balaban J connectivity index is 2.16. The second kappa shape index (κ2) is 4.33. The number of carbonyl (C=O) groups is 2. The fourth-order valence-corrected chi connectivity index (χ4v) is 3.25. The molecule has 2 N–H and O–H groups in total. The van der Waals surface area contributed by atoms with Crippen LogP contribution < -0.4 is 10.6 Å². The van der Waals surface area contributed by atoms with Crippen molar-refractivity contribution in [2.75, 3.05) is 6.54 Å². The smallest absolute Gasteiger partial charge is 0.235 e. The van der Waals surface area contributed by atoms with Crippen LogP contribution in [0.1, 0.15) is 27.2 Å². The molecule has 1 fully saturated rings. The molecule has 17 heavy (non-hydrogen) atoms. The summed E-state index contributed by atoms with van der Waals surface area (Å²) in [6, 6.07) is -0.0284. The fraction of sp³-hybridized carbons (Fsp3) is 0.727. The zero-order valence-electron chi connectivity index (χ0n) is 10.2. The van der Waals surface area contributed by atoms with E-state index in [0.717, 1.165) is 6.42 Å². The average molecular weight is 255 g/mol. The predicted molar refractivity (Wildman–Crippen MR) is 67.8 cm³/mol. The molecular formula is C11H17N3O2S. The van der Waals surface area contributed by atoms with Crippen LogP contribution in [0.2, 0.25) is 0 Å². The second-order valence-electron chi connectivity index (χ2n) is 5.31. The third kappa shape index (κ3) is 2.80. The summed E-state index contributed by atoms with van der Waals surface area (Å²) in [7, 11) is 0. The number of aliphatic imine (C=N–C) groups is 1. The average Bonchev–Trinajstić information content (AvgIpc) is 2.51. The first kappa shape index (κ1) is 12.4. The summed E-state index contributed by atoms with van der Waals surface area (Å²) < 4.78 is 0. The Labute approximate surface area is 105 Å². The zero-order valence-corrected chi connectivity index (χ0v) is 11.1. The highest BCUT2D eigenvalue weighted by Crippen LogP contribution is 2.36. The van der Waals surface area contributed by atoms with Gasteiger partial charge in [0.15, 0.2) is 5.17 Å². The number of amides is 2. The quantitative estimate of drug-likeness (QED) is 0.662. The van der Waals surface area contributed by atoms with Gasteiger partial charge in [-0.2, -0.15) is 0 Å². The highest BCUT2D eigenvalue weighted by atomic mass is 32.2. The maximum absolute atomic E-state index is 11.9. The summed E-state index contributed by atoms with van der Waals surface area (Å²) >= 11 is 1.35. The molecule has 2 atom stereocenters. The van der Waals surface area contributed by atoms with Crippen LogP contribution >= 0.6 is 11.8 Å².